The van der Waals surface area contributed by atoms with Crippen LogP contribution in [-0.4, -0.2) is 30.2 Å². The Balaban J connectivity index is 0.994. The van der Waals surface area contributed by atoms with Gasteiger partial charge in [-0.3, -0.25) is 19.3 Å². The number of rotatable bonds is 6. The minimum atomic E-state index is -0.638. The molecule has 6 heteroatoms. The van der Waals surface area contributed by atoms with Crippen LogP contribution in [0.4, 0.5) is 5.69 Å². The van der Waals surface area contributed by atoms with E-state index in [1.54, 1.807) is 24.3 Å². The molecule has 2 saturated carbocycles. The number of ketones is 1. The molecule has 2 bridgehead atoms. The second kappa shape index (κ2) is 8.62. The van der Waals surface area contributed by atoms with Gasteiger partial charge < -0.3 is 4.74 Å². The Labute approximate surface area is 219 Å². The number of carbonyl (C=O) groups excluding carboxylic acids is 4. The van der Waals surface area contributed by atoms with Crippen LogP contribution in [-0.2, 0) is 14.3 Å². The van der Waals surface area contributed by atoms with Crippen molar-refractivity contribution in [2.45, 2.75) is 6.42 Å². The summed E-state index contributed by atoms with van der Waals surface area (Å²) >= 11 is 0. The first-order valence-electron chi connectivity index (χ1n) is 13.0. The Bertz CT molecular complexity index is 1460. The predicted molar refractivity (Wildman–Crippen MR) is 140 cm³/mol. The van der Waals surface area contributed by atoms with Gasteiger partial charge in [-0.25, -0.2) is 4.79 Å². The van der Waals surface area contributed by atoms with Crippen LogP contribution in [0.1, 0.15) is 27.1 Å². The van der Waals surface area contributed by atoms with Gasteiger partial charge in [0.25, 0.3) is 0 Å². The molecule has 3 aromatic rings. The Hall–Kier alpha value is -4.32. The molecule has 6 nitrogen and oxygen atoms in total. The van der Waals surface area contributed by atoms with Crippen LogP contribution in [0.5, 0.6) is 0 Å². The number of Topliss-reactive ketones (excluding diaryl/α,β-unsaturated/α-hetero) is 1. The molecule has 2 amide bonds. The highest BCUT2D eigenvalue weighted by molar-refractivity contribution is 6.22. The molecule has 5 aliphatic rings. The summed E-state index contributed by atoms with van der Waals surface area (Å²) in [6.07, 6.45) is 5.41. The van der Waals surface area contributed by atoms with Crippen molar-refractivity contribution in [2.24, 2.45) is 35.5 Å². The molecule has 6 atom stereocenters. The summed E-state index contributed by atoms with van der Waals surface area (Å²) in [7, 11) is 0. The van der Waals surface area contributed by atoms with Gasteiger partial charge in [-0.2, -0.15) is 0 Å². The fourth-order valence-electron chi connectivity index (χ4n) is 6.73. The minimum Gasteiger partial charge on any atom is -0.454 e. The molecule has 4 aliphatic carbocycles. The zero-order chi connectivity index (χ0) is 26.0. The summed E-state index contributed by atoms with van der Waals surface area (Å²) in [5.74, 6) is -0.317. The number of imide groups is 1. The lowest BCUT2D eigenvalue weighted by Gasteiger charge is -2.37. The lowest BCUT2D eigenvalue weighted by atomic mass is 9.63. The number of hydrogen-bond acceptors (Lipinski definition) is 5. The topological polar surface area (TPSA) is 80.8 Å². The number of ether oxygens (including phenoxy) is 1. The smallest absolute Gasteiger partial charge is 0.338 e. The molecule has 0 radical (unpaired) electrons. The molecule has 188 valence electrons. The van der Waals surface area contributed by atoms with Crippen molar-refractivity contribution in [3.05, 3.63) is 102 Å². The Kier molecular flexibility index (Phi) is 5.18. The second-order valence-electron chi connectivity index (χ2n) is 10.7. The van der Waals surface area contributed by atoms with E-state index in [0.29, 0.717) is 23.1 Å². The van der Waals surface area contributed by atoms with Crippen LogP contribution in [0.25, 0.3) is 11.1 Å². The van der Waals surface area contributed by atoms with Gasteiger partial charge in [0.05, 0.1) is 23.1 Å². The van der Waals surface area contributed by atoms with E-state index in [1.807, 2.05) is 42.5 Å². The summed E-state index contributed by atoms with van der Waals surface area (Å²) in [6, 6.07) is 23.3. The van der Waals surface area contributed by atoms with Crippen molar-refractivity contribution in [2.75, 3.05) is 11.5 Å². The fraction of sp³-hybridized carbons (Fsp3) is 0.250. The molecule has 1 aliphatic heterocycles. The van der Waals surface area contributed by atoms with Crippen LogP contribution in [0.2, 0.25) is 0 Å². The molecular weight excluding hydrogens is 478 g/mol. The van der Waals surface area contributed by atoms with E-state index in [4.69, 9.17) is 4.74 Å². The summed E-state index contributed by atoms with van der Waals surface area (Å²) in [4.78, 5) is 53.0. The fourth-order valence-corrected chi connectivity index (χ4v) is 6.73. The summed E-state index contributed by atoms with van der Waals surface area (Å²) in [5, 5.41) is 0. The summed E-state index contributed by atoms with van der Waals surface area (Å²) < 4.78 is 5.25. The van der Waals surface area contributed by atoms with E-state index in [0.717, 1.165) is 17.5 Å². The zero-order valence-electron chi connectivity index (χ0n) is 20.5. The number of allylic oxidation sites excluding steroid dienone is 2. The normalized spacial score (nSPS) is 28.2. The van der Waals surface area contributed by atoms with Crippen molar-refractivity contribution >= 4 is 29.3 Å². The van der Waals surface area contributed by atoms with Crippen LogP contribution < -0.4 is 4.90 Å². The molecule has 1 saturated heterocycles. The Morgan fingerprint density at radius 2 is 1.26 bits per heavy atom. The second-order valence-corrected chi connectivity index (χ2v) is 10.7. The number of anilines is 1. The maximum absolute atomic E-state index is 13.3. The van der Waals surface area contributed by atoms with E-state index in [9.17, 15) is 19.2 Å². The van der Waals surface area contributed by atoms with Gasteiger partial charge in [0, 0.05) is 5.56 Å². The molecule has 0 N–H and O–H groups in total. The first kappa shape index (κ1) is 22.8. The van der Waals surface area contributed by atoms with E-state index < -0.39 is 5.97 Å². The summed E-state index contributed by atoms with van der Waals surface area (Å²) in [5.41, 5.74) is 3.22. The lowest BCUT2D eigenvalue weighted by molar-refractivity contribution is -0.124. The standard InChI is InChI=1S/C32H25NO5/c34-27(20-8-6-19(7-9-20)18-4-2-1-3-5-18)17-38-32(37)21-10-12-22(13-11-21)33-30(35)28-23-14-15-24(26-16-25(23)26)29(28)31(33)36/h1-15,23-26,28-29H,16-17H2/t23-,24+,25-,26-,28+,29-/m1/s1. The first-order valence-corrected chi connectivity index (χ1v) is 13.0. The Morgan fingerprint density at radius 1 is 0.711 bits per heavy atom. The third-order valence-corrected chi connectivity index (χ3v) is 8.67. The quantitative estimate of drug-likeness (QED) is 0.206. The maximum Gasteiger partial charge on any atom is 0.338 e. The molecule has 3 fully saturated rings. The molecular formula is C32H25NO5. The van der Waals surface area contributed by atoms with Gasteiger partial charge in [0.15, 0.2) is 12.4 Å². The van der Waals surface area contributed by atoms with Crippen LogP contribution in [0.15, 0.2) is 91.0 Å². The molecule has 1 heterocycles. The highest BCUT2D eigenvalue weighted by Gasteiger charge is 2.67. The zero-order valence-corrected chi connectivity index (χ0v) is 20.5. The van der Waals surface area contributed by atoms with Gasteiger partial charge in [0.1, 0.15) is 0 Å². The van der Waals surface area contributed by atoms with Crippen molar-refractivity contribution in [3.8, 4) is 11.1 Å². The third kappa shape index (κ3) is 3.55. The monoisotopic (exact) mass is 503 g/mol. The number of nitrogens with zero attached hydrogens (tertiary/aromatic N) is 1. The molecule has 3 aromatic carbocycles. The van der Waals surface area contributed by atoms with Gasteiger partial charge >= 0.3 is 5.97 Å². The predicted octanol–water partition coefficient (Wildman–Crippen LogP) is 4.95. The molecule has 8 rings (SSSR count). The highest BCUT2D eigenvalue weighted by Crippen LogP contribution is 2.65. The number of esters is 1. The summed E-state index contributed by atoms with van der Waals surface area (Å²) in [6.45, 7) is -0.379. The van der Waals surface area contributed by atoms with Gasteiger partial charge in [0.2, 0.25) is 11.8 Å². The number of hydrogen-bond donors (Lipinski definition) is 0. The third-order valence-electron chi connectivity index (χ3n) is 8.67. The van der Waals surface area contributed by atoms with Gasteiger partial charge in [-0.15, -0.1) is 0 Å². The largest absolute Gasteiger partial charge is 0.454 e. The lowest BCUT2D eigenvalue weighted by Crippen LogP contribution is -2.40. The minimum absolute atomic E-state index is 0.135. The molecule has 38 heavy (non-hydrogen) atoms. The van der Waals surface area contributed by atoms with Crippen LogP contribution in [0.3, 0.4) is 0 Å². The van der Waals surface area contributed by atoms with Crippen molar-refractivity contribution in [3.63, 3.8) is 0 Å². The number of carbonyl (C=O) groups is 4. The molecule has 0 unspecified atom stereocenters. The first-order chi connectivity index (χ1) is 18.5. The number of benzene rings is 3. The van der Waals surface area contributed by atoms with Crippen molar-refractivity contribution in [1.29, 1.82) is 0 Å². The average molecular weight is 504 g/mol. The van der Waals surface area contributed by atoms with Gasteiger partial charge in [-0.05, 0) is 65.5 Å². The molecule has 0 spiro atoms. The Morgan fingerprint density at radius 3 is 1.87 bits per heavy atom. The molecule has 0 aromatic heterocycles. The maximum atomic E-state index is 13.3. The van der Waals surface area contributed by atoms with Crippen molar-refractivity contribution < 1.29 is 23.9 Å². The van der Waals surface area contributed by atoms with E-state index in [-0.39, 0.29) is 53.4 Å². The van der Waals surface area contributed by atoms with Gasteiger partial charge in [-0.1, -0.05) is 66.7 Å². The van der Waals surface area contributed by atoms with Crippen LogP contribution >= 0.6 is 0 Å². The van der Waals surface area contributed by atoms with E-state index in [2.05, 4.69) is 12.2 Å². The number of amides is 2. The van der Waals surface area contributed by atoms with E-state index in [1.165, 1.54) is 17.0 Å². The SMILES string of the molecule is O=C(COC(=O)c1ccc(N2C(=O)[C@@H]3[C@H]4C=C[C@H]([C@H]5C[C@H]45)[C@@H]3C2=O)cc1)c1ccc(-c2ccccc2)cc1. The average Bonchev–Trinajstić information content (AvgIpc) is 3.75. The van der Waals surface area contributed by atoms with Crippen LogP contribution in [0, 0.1) is 35.5 Å². The van der Waals surface area contributed by atoms with E-state index >= 15 is 0 Å². The highest BCUT2D eigenvalue weighted by atomic mass is 16.5. The van der Waals surface area contributed by atoms with Crippen molar-refractivity contribution in [1.82, 2.24) is 0 Å².